The van der Waals surface area contributed by atoms with Crippen LogP contribution < -0.4 is 0 Å². The van der Waals surface area contributed by atoms with Crippen molar-refractivity contribution >= 4 is 76.7 Å². The zero-order chi connectivity index (χ0) is 41.4. The van der Waals surface area contributed by atoms with Crippen LogP contribution in [0.2, 0.25) is 0 Å². The molecule has 0 saturated heterocycles. The second-order valence-corrected chi connectivity index (χ2v) is 16.9. The van der Waals surface area contributed by atoms with E-state index in [2.05, 4.69) is 244 Å². The van der Waals surface area contributed by atoms with E-state index in [-0.39, 0.29) is 5.92 Å². The van der Waals surface area contributed by atoms with Crippen LogP contribution >= 0.6 is 0 Å². The van der Waals surface area contributed by atoms with Crippen LogP contribution in [-0.2, 0) is 0 Å². The lowest BCUT2D eigenvalue weighted by molar-refractivity contribution is 0.833. The maximum Gasteiger partial charge on any atom is 0.0542 e. The quantitative estimate of drug-likeness (QED) is 0.159. The Morgan fingerprint density at radius 1 is 0.317 bits per heavy atom. The fourth-order valence-electron chi connectivity index (χ4n) is 10.5. The molecule has 13 rings (SSSR count). The van der Waals surface area contributed by atoms with Crippen molar-refractivity contribution in [2.45, 2.75) is 12.3 Å². The molecule has 3 aromatic heterocycles. The van der Waals surface area contributed by atoms with Crippen molar-refractivity contribution in [1.82, 2.24) is 13.7 Å². The van der Waals surface area contributed by atoms with Crippen LogP contribution in [0.4, 0.5) is 0 Å². The van der Waals surface area contributed by atoms with Gasteiger partial charge in [-0.15, -0.1) is 0 Å². The Bertz CT molecular complexity index is 3800. The molecule has 0 spiro atoms. The molecule has 296 valence electrons. The lowest BCUT2D eigenvalue weighted by atomic mass is 9.85. The van der Waals surface area contributed by atoms with Crippen molar-refractivity contribution in [2.24, 2.45) is 0 Å². The first-order chi connectivity index (χ1) is 31.3. The average Bonchev–Trinajstić information content (AvgIpc) is 3.99. The number of nitrogens with zero attached hydrogens (tertiary/aromatic N) is 3. The minimum Gasteiger partial charge on any atom is -0.312 e. The Labute approximate surface area is 365 Å². The van der Waals surface area contributed by atoms with E-state index in [9.17, 15) is 0 Å². The third-order valence-corrected chi connectivity index (χ3v) is 13.4. The minimum atomic E-state index is 0.222. The molecule has 1 aliphatic rings. The van der Waals surface area contributed by atoms with E-state index in [0.29, 0.717) is 0 Å². The molecule has 9 aromatic carbocycles. The Balaban J connectivity index is 0.963. The van der Waals surface area contributed by atoms with Gasteiger partial charge in [0, 0.05) is 55.3 Å². The van der Waals surface area contributed by atoms with Gasteiger partial charge < -0.3 is 13.7 Å². The SMILES string of the molecule is C1=C(c2ccccc2)C=C(n2c3ccccc3c3cc(-c4ccc5c(c4)c4ccccc4n5-c4ccc5c(c4)c4ccccc4n5-c4ccccc4)ccc32)C(c2ccccc2)C1. The van der Waals surface area contributed by atoms with Crippen molar-refractivity contribution in [2.75, 3.05) is 0 Å². The molecule has 1 unspecified atom stereocenters. The Hall–Kier alpha value is -8.14. The normalized spacial score (nSPS) is 14.3. The smallest absolute Gasteiger partial charge is 0.0542 e. The summed E-state index contributed by atoms with van der Waals surface area (Å²) in [5, 5.41) is 7.51. The molecule has 63 heavy (non-hydrogen) atoms. The van der Waals surface area contributed by atoms with Gasteiger partial charge in [-0.3, -0.25) is 0 Å². The monoisotopic (exact) mass is 803 g/mol. The predicted octanol–water partition coefficient (Wildman–Crippen LogP) is 15.8. The van der Waals surface area contributed by atoms with Gasteiger partial charge in [-0.05, 0) is 113 Å². The Kier molecular flexibility index (Phi) is 8.04. The molecule has 3 heteroatoms. The standard InChI is InChI=1S/C60H41N3/c1-4-16-40(17-5-1)44-28-32-47(41-18-6-2-7-19-41)60(38-44)63-56-27-15-12-23-49(56)52-37-43(30-34-59(52)63)42-29-33-57-51(36-42)48-22-10-14-26-55(48)62(57)46-31-35-58-53(39-46)50-24-11-13-25-54(50)61(58)45-20-8-3-9-21-45/h1-31,33-39,47H,32H2. The van der Waals surface area contributed by atoms with Crippen molar-refractivity contribution in [1.29, 1.82) is 0 Å². The van der Waals surface area contributed by atoms with Crippen molar-refractivity contribution in [3.63, 3.8) is 0 Å². The summed E-state index contributed by atoms with van der Waals surface area (Å²) in [6, 6.07) is 80.1. The summed E-state index contributed by atoms with van der Waals surface area (Å²) < 4.78 is 7.36. The highest BCUT2D eigenvalue weighted by Gasteiger charge is 2.26. The summed E-state index contributed by atoms with van der Waals surface area (Å²) in [6.07, 6.45) is 5.78. The first kappa shape index (κ1) is 35.6. The minimum absolute atomic E-state index is 0.222. The molecule has 0 N–H and O–H groups in total. The van der Waals surface area contributed by atoms with Crippen LogP contribution in [0.3, 0.4) is 0 Å². The molecule has 3 nitrogen and oxygen atoms in total. The molecule has 0 saturated carbocycles. The molecule has 12 aromatic rings. The lowest BCUT2D eigenvalue weighted by Crippen LogP contribution is -2.11. The van der Waals surface area contributed by atoms with Gasteiger partial charge in [-0.1, -0.05) is 152 Å². The number of aromatic nitrogens is 3. The van der Waals surface area contributed by atoms with Gasteiger partial charge in [0.2, 0.25) is 0 Å². The number of para-hydroxylation sites is 4. The van der Waals surface area contributed by atoms with Gasteiger partial charge >= 0.3 is 0 Å². The molecule has 0 aliphatic heterocycles. The van der Waals surface area contributed by atoms with E-state index in [1.165, 1.54) is 105 Å². The second kappa shape index (κ2) is 14.2. The van der Waals surface area contributed by atoms with E-state index >= 15 is 0 Å². The third kappa shape index (κ3) is 5.60. The molecule has 0 amide bonds. The number of fused-ring (bicyclic) bond motifs is 9. The lowest BCUT2D eigenvalue weighted by Gasteiger charge is -2.27. The largest absolute Gasteiger partial charge is 0.312 e. The van der Waals surface area contributed by atoms with Crippen LogP contribution in [0.5, 0.6) is 0 Å². The summed E-state index contributed by atoms with van der Waals surface area (Å²) in [5.41, 5.74) is 17.2. The zero-order valence-corrected chi connectivity index (χ0v) is 34.6. The molecular weight excluding hydrogens is 763 g/mol. The number of hydrogen-bond acceptors (Lipinski definition) is 0. The maximum absolute atomic E-state index is 2.53. The summed E-state index contributed by atoms with van der Waals surface area (Å²) >= 11 is 0. The zero-order valence-electron chi connectivity index (χ0n) is 34.6. The summed E-state index contributed by atoms with van der Waals surface area (Å²) in [6.45, 7) is 0. The van der Waals surface area contributed by atoms with Crippen LogP contribution in [0.15, 0.2) is 231 Å². The van der Waals surface area contributed by atoms with Crippen LogP contribution in [-0.4, -0.2) is 13.7 Å². The van der Waals surface area contributed by atoms with E-state index in [4.69, 9.17) is 0 Å². The topological polar surface area (TPSA) is 14.8 Å². The van der Waals surface area contributed by atoms with E-state index in [1.54, 1.807) is 0 Å². The second-order valence-electron chi connectivity index (χ2n) is 16.9. The van der Waals surface area contributed by atoms with Crippen molar-refractivity contribution < 1.29 is 0 Å². The van der Waals surface area contributed by atoms with Crippen molar-refractivity contribution in [3.8, 4) is 22.5 Å². The molecular formula is C60H41N3. The number of benzene rings is 9. The number of allylic oxidation sites excluding steroid dienone is 4. The first-order valence-electron chi connectivity index (χ1n) is 22.0. The fraction of sp³-hybridized carbons (Fsp3) is 0.0333. The highest BCUT2D eigenvalue weighted by atomic mass is 15.0. The van der Waals surface area contributed by atoms with Gasteiger partial charge in [-0.2, -0.15) is 0 Å². The number of rotatable bonds is 6. The maximum atomic E-state index is 2.53. The van der Waals surface area contributed by atoms with Crippen LogP contribution in [0.1, 0.15) is 23.5 Å². The van der Waals surface area contributed by atoms with E-state index in [1.807, 2.05) is 0 Å². The Morgan fingerprint density at radius 3 is 1.37 bits per heavy atom. The predicted molar refractivity (Wildman–Crippen MR) is 266 cm³/mol. The molecule has 0 fully saturated rings. The summed E-state index contributed by atoms with van der Waals surface area (Å²) in [7, 11) is 0. The molecule has 0 bridgehead atoms. The van der Waals surface area contributed by atoms with E-state index in [0.717, 1.165) is 12.1 Å². The molecule has 1 aliphatic carbocycles. The average molecular weight is 804 g/mol. The molecule has 1 atom stereocenters. The van der Waals surface area contributed by atoms with E-state index < -0.39 is 0 Å². The molecule has 0 radical (unpaired) electrons. The molecule has 3 heterocycles. The highest BCUT2D eigenvalue weighted by Crippen LogP contribution is 2.45. The number of hydrogen-bond donors (Lipinski definition) is 0. The van der Waals surface area contributed by atoms with Gasteiger partial charge in [0.15, 0.2) is 0 Å². The Morgan fingerprint density at radius 2 is 0.762 bits per heavy atom. The summed E-state index contributed by atoms with van der Waals surface area (Å²) in [4.78, 5) is 0. The first-order valence-corrected chi connectivity index (χ1v) is 22.0. The summed E-state index contributed by atoms with van der Waals surface area (Å²) in [5.74, 6) is 0.222. The van der Waals surface area contributed by atoms with Crippen LogP contribution in [0.25, 0.3) is 99.2 Å². The van der Waals surface area contributed by atoms with Crippen molar-refractivity contribution in [3.05, 3.63) is 242 Å². The van der Waals surface area contributed by atoms with Crippen LogP contribution in [0, 0.1) is 0 Å². The highest BCUT2D eigenvalue weighted by molar-refractivity contribution is 6.14. The third-order valence-electron chi connectivity index (χ3n) is 13.4. The van der Waals surface area contributed by atoms with Gasteiger partial charge in [0.05, 0.1) is 33.1 Å². The van der Waals surface area contributed by atoms with Gasteiger partial charge in [-0.25, -0.2) is 0 Å². The fourth-order valence-corrected chi connectivity index (χ4v) is 10.5. The van der Waals surface area contributed by atoms with Gasteiger partial charge in [0.1, 0.15) is 0 Å². The van der Waals surface area contributed by atoms with Gasteiger partial charge in [0.25, 0.3) is 0 Å².